The van der Waals surface area contributed by atoms with E-state index in [9.17, 15) is 4.79 Å². The van der Waals surface area contributed by atoms with E-state index >= 15 is 0 Å². The second-order valence-corrected chi connectivity index (χ2v) is 4.92. The van der Waals surface area contributed by atoms with E-state index in [4.69, 9.17) is 0 Å². The van der Waals surface area contributed by atoms with Crippen LogP contribution in [0.5, 0.6) is 0 Å². The zero-order chi connectivity index (χ0) is 10.1. The van der Waals surface area contributed by atoms with Crippen molar-refractivity contribution < 1.29 is 4.79 Å². The molecule has 0 radical (unpaired) electrons. The monoisotopic (exact) mass is 198 g/mol. The second kappa shape index (κ2) is 3.54. The molecule has 0 aliphatic heterocycles. The first kappa shape index (κ1) is 10.3. The number of aryl methyl sites for hydroxylation is 1. The molecule has 0 saturated heterocycles. The lowest BCUT2D eigenvalue weighted by atomic mass is 9.89. The van der Waals surface area contributed by atoms with Crippen LogP contribution in [0.25, 0.3) is 0 Å². The predicted octanol–water partition coefficient (Wildman–Crippen LogP) is 2.00. The highest BCUT2D eigenvalue weighted by molar-refractivity contribution is 7.05. The molecule has 0 bridgehead atoms. The van der Waals surface area contributed by atoms with Crippen LogP contribution in [-0.2, 0) is 11.2 Å². The molecule has 0 aliphatic carbocycles. The van der Waals surface area contributed by atoms with Gasteiger partial charge in [0.05, 0.1) is 6.42 Å². The van der Waals surface area contributed by atoms with Gasteiger partial charge in [-0.1, -0.05) is 20.8 Å². The van der Waals surface area contributed by atoms with Crippen molar-refractivity contribution in [1.29, 1.82) is 0 Å². The third-order valence-corrected chi connectivity index (χ3v) is 2.52. The van der Waals surface area contributed by atoms with E-state index in [1.807, 2.05) is 27.7 Å². The Bertz CT molecular complexity index is 312. The fourth-order valence-electron chi connectivity index (χ4n) is 0.814. The van der Waals surface area contributed by atoms with E-state index in [1.54, 1.807) is 0 Å². The van der Waals surface area contributed by atoms with Crippen molar-refractivity contribution in [3.8, 4) is 0 Å². The molecule has 0 saturated carbocycles. The Morgan fingerprint density at radius 3 is 2.46 bits per heavy atom. The zero-order valence-corrected chi connectivity index (χ0v) is 9.23. The molecule has 1 rings (SSSR count). The Morgan fingerprint density at radius 2 is 2.08 bits per heavy atom. The van der Waals surface area contributed by atoms with Crippen molar-refractivity contribution in [1.82, 2.24) is 9.36 Å². The molecule has 3 nitrogen and oxygen atoms in total. The lowest BCUT2D eigenvalue weighted by molar-refractivity contribution is -0.125. The zero-order valence-electron chi connectivity index (χ0n) is 8.42. The lowest BCUT2D eigenvalue weighted by Gasteiger charge is -2.14. The van der Waals surface area contributed by atoms with Crippen LogP contribution >= 0.6 is 11.5 Å². The summed E-state index contributed by atoms with van der Waals surface area (Å²) in [5, 5.41) is 0.817. The highest BCUT2D eigenvalue weighted by Crippen LogP contribution is 2.18. The minimum Gasteiger partial charge on any atom is -0.299 e. The van der Waals surface area contributed by atoms with Gasteiger partial charge in [0.1, 0.15) is 16.6 Å². The van der Waals surface area contributed by atoms with Crippen LogP contribution in [0.2, 0.25) is 0 Å². The number of hydrogen-bond donors (Lipinski definition) is 0. The molecule has 0 atom stereocenters. The molecule has 13 heavy (non-hydrogen) atoms. The van der Waals surface area contributed by atoms with Crippen molar-refractivity contribution in [2.75, 3.05) is 0 Å². The van der Waals surface area contributed by atoms with Crippen LogP contribution in [0, 0.1) is 12.3 Å². The maximum atomic E-state index is 11.6. The number of ketones is 1. The fraction of sp³-hybridized carbons (Fsp3) is 0.667. The van der Waals surface area contributed by atoms with Gasteiger partial charge in [0.2, 0.25) is 0 Å². The molecule has 1 aromatic heterocycles. The molecule has 0 aliphatic rings. The van der Waals surface area contributed by atoms with E-state index < -0.39 is 0 Å². The van der Waals surface area contributed by atoms with Gasteiger partial charge in [-0.15, -0.1) is 0 Å². The SMILES string of the molecule is Cc1nsc(CC(=O)C(C)(C)C)n1. The van der Waals surface area contributed by atoms with E-state index in [-0.39, 0.29) is 11.2 Å². The molecule has 72 valence electrons. The maximum absolute atomic E-state index is 11.6. The molecule has 0 amide bonds. The largest absolute Gasteiger partial charge is 0.299 e. The third kappa shape index (κ3) is 2.88. The number of carbonyl (C=O) groups is 1. The van der Waals surface area contributed by atoms with Gasteiger partial charge in [-0.3, -0.25) is 4.79 Å². The Labute approximate surface area is 82.4 Å². The Kier molecular flexibility index (Phi) is 2.81. The standard InChI is InChI=1S/C9H14N2OS/c1-6-10-8(13-11-6)5-7(12)9(2,3)4/h5H2,1-4H3. The normalized spacial score (nSPS) is 11.7. The van der Waals surface area contributed by atoms with Crippen LogP contribution in [0.1, 0.15) is 31.6 Å². The third-order valence-electron chi connectivity index (χ3n) is 1.72. The second-order valence-electron chi connectivity index (χ2n) is 4.09. The molecular formula is C9H14N2OS. The number of hydrogen-bond acceptors (Lipinski definition) is 4. The molecule has 0 fully saturated rings. The van der Waals surface area contributed by atoms with Gasteiger partial charge in [0.25, 0.3) is 0 Å². The van der Waals surface area contributed by atoms with Crippen LogP contribution in [0.3, 0.4) is 0 Å². The van der Waals surface area contributed by atoms with Crippen LogP contribution < -0.4 is 0 Å². The summed E-state index contributed by atoms with van der Waals surface area (Å²) >= 11 is 1.31. The number of carbonyl (C=O) groups excluding carboxylic acids is 1. The maximum Gasteiger partial charge on any atom is 0.145 e. The number of rotatable bonds is 2. The first-order valence-corrected chi connectivity index (χ1v) is 4.99. The summed E-state index contributed by atoms with van der Waals surface area (Å²) in [4.78, 5) is 15.7. The van der Waals surface area contributed by atoms with Gasteiger partial charge in [0.15, 0.2) is 0 Å². The summed E-state index contributed by atoms with van der Waals surface area (Å²) in [5.41, 5.74) is -0.278. The van der Waals surface area contributed by atoms with Gasteiger partial charge in [0, 0.05) is 5.41 Å². The van der Waals surface area contributed by atoms with Gasteiger partial charge >= 0.3 is 0 Å². The van der Waals surface area contributed by atoms with Gasteiger partial charge in [-0.25, -0.2) is 4.98 Å². The highest BCUT2D eigenvalue weighted by atomic mass is 32.1. The summed E-state index contributed by atoms with van der Waals surface area (Å²) in [6.07, 6.45) is 0.412. The number of aromatic nitrogens is 2. The molecule has 0 unspecified atom stereocenters. The highest BCUT2D eigenvalue weighted by Gasteiger charge is 2.22. The van der Waals surface area contributed by atoms with E-state index in [0.29, 0.717) is 6.42 Å². The topological polar surface area (TPSA) is 42.9 Å². The molecule has 0 aromatic carbocycles. The number of nitrogens with zero attached hydrogens (tertiary/aromatic N) is 2. The fourth-order valence-corrected chi connectivity index (χ4v) is 1.46. The summed E-state index contributed by atoms with van der Waals surface area (Å²) in [6.45, 7) is 7.59. The molecule has 4 heteroatoms. The van der Waals surface area contributed by atoms with Crippen molar-refractivity contribution >= 4 is 17.3 Å². The van der Waals surface area contributed by atoms with Crippen molar-refractivity contribution in [3.05, 3.63) is 10.8 Å². The molecular weight excluding hydrogens is 184 g/mol. The summed E-state index contributed by atoms with van der Waals surface area (Å²) in [7, 11) is 0. The van der Waals surface area contributed by atoms with E-state index in [0.717, 1.165) is 10.8 Å². The van der Waals surface area contributed by atoms with Crippen molar-refractivity contribution in [3.63, 3.8) is 0 Å². The Hall–Kier alpha value is -0.770. The molecule has 1 aromatic rings. The average molecular weight is 198 g/mol. The smallest absolute Gasteiger partial charge is 0.145 e. The first-order valence-electron chi connectivity index (χ1n) is 4.22. The first-order chi connectivity index (χ1) is 5.89. The van der Waals surface area contributed by atoms with Gasteiger partial charge in [-0.05, 0) is 18.5 Å². The summed E-state index contributed by atoms with van der Waals surface area (Å²) < 4.78 is 4.03. The Balaban J connectivity index is 2.65. The molecule has 0 N–H and O–H groups in total. The van der Waals surface area contributed by atoms with Gasteiger partial charge in [-0.2, -0.15) is 4.37 Å². The minimum atomic E-state index is -0.278. The van der Waals surface area contributed by atoms with Crippen molar-refractivity contribution in [2.24, 2.45) is 5.41 Å². The molecule has 0 spiro atoms. The van der Waals surface area contributed by atoms with E-state index in [2.05, 4.69) is 9.36 Å². The summed E-state index contributed by atoms with van der Waals surface area (Å²) in [6, 6.07) is 0. The average Bonchev–Trinajstić information content (AvgIpc) is 2.33. The summed E-state index contributed by atoms with van der Waals surface area (Å²) in [5.74, 6) is 0.963. The lowest BCUT2D eigenvalue weighted by Crippen LogP contribution is -2.21. The number of Topliss-reactive ketones (excluding diaryl/α,β-unsaturated/α-hetero) is 1. The minimum absolute atomic E-state index is 0.212. The van der Waals surface area contributed by atoms with Crippen LogP contribution in [-0.4, -0.2) is 15.1 Å². The van der Waals surface area contributed by atoms with Crippen LogP contribution in [0.4, 0.5) is 0 Å². The predicted molar refractivity (Wildman–Crippen MR) is 52.8 cm³/mol. The van der Waals surface area contributed by atoms with Crippen LogP contribution in [0.15, 0.2) is 0 Å². The Morgan fingerprint density at radius 1 is 1.46 bits per heavy atom. The van der Waals surface area contributed by atoms with Gasteiger partial charge < -0.3 is 0 Å². The molecule has 1 heterocycles. The van der Waals surface area contributed by atoms with E-state index in [1.165, 1.54) is 11.5 Å². The quantitative estimate of drug-likeness (QED) is 0.730. The van der Waals surface area contributed by atoms with Crippen molar-refractivity contribution in [2.45, 2.75) is 34.1 Å².